The Hall–Kier alpha value is -0.130. The highest BCUT2D eigenvalue weighted by molar-refractivity contribution is 7.89. The van der Waals surface area contributed by atoms with E-state index in [4.69, 9.17) is 5.11 Å². The number of hydrogen-bond donors (Lipinski definition) is 2. The second-order valence-electron chi connectivity index (χ2n) is 5.49. The molecule has 0 heterocycles. The fourth-order valence-corrected chi connectivity index (χ4v) is 3.06. The minimum atomic E-state index is -3.15. The van der Waals surface area contributed by atoms with Crippen LogP contribution in [-0.4, -0.2) is 32.4 Å². The van der Waals surface area contributed by atoms with Gasteiger partial charge in [-0.3, -0.25) is 0 Å². The Balaban J connectivity index is 4.12. The molecule has 4 nitrogen and oxygen atoms in total. The van der Waals surface area contributed by atoms with Crippen molar-refractivity contribution in [3.05, 3.63) is 0 Å². The smallest absolute Gasteiger partial charge is 0.211 e. The first-order valence-corrected chi connectivity index (χ1v) is 7.42. The molecular formula is C11H25NO3S. The number of hydrogen-bond acceptors (Lipinski definition) is 3. The number of rotatable bonds is 8. The maximum Gasteiger partial charge on any atom is 0.211 e. The van der Waals surface area contributed by atoms with Crippen molar-refractivity contribution in [2.45, 2.75) is 40.5 Å². The third kappa shape index (κ3) is 8.07. The summed E-state index contributed by atoms with van der Waals surface area (Å²) < 4.78 is 25.8. The van der Waals surface area contributed by atoms with Gasteiger partial charge in [0.05, 0.1) is 5.75 Å². The number of sulfonamides is 1. The quantitative estimate of drug-likeness (QED) is 0.684. The van der Waals surface area contributed by atoms with Crippen LogP contribution in [0.3, 0.4) is 0 Å². The summed E-state index contributed by atoms with van der Waals surface area (Å²) in [6.07, 6.45) is 1.52. The van der Waals surface area contributed by atoms with Gasteiger partial charge in [-0.2, -0.15) is 0 Å². The Morgan fingerprint density at radius 2 is 1.88 bits per heavy atom. The van der Waals surface area contributed by atoms with Crippen LogP contribution in [0, 0.1) is 11.3 Å². The first kappa shape index (κ1) is 15.9. The summed E-state index contributed by atoms with van der Waals surface area (Å²) in [6, 6.07) is 0. The average molecular weight is 251 g/mol. The van der Waals surface area contributed by atoms with Gasteiger partial charge in [-0.25, -0.2) is 13.1 Å². The Morgan fingerprint density at radius 3 is 2.31 bits per heavy atom. The van der Waals surface area contributed by atoms with Crippen LogP contribution in [0.15, 0.2) is 0 Å². The molecule has 0 aromatic carbocycles. The van der Waals surface area contributed by atoms with E-state index in [9.17, 15) is 8.42 Å². The standard InChI is InChI=1S/C11H25NO3S/c1-10(2)8-16(14,15)12-9-11(3,4)6-5-7-13/h10,12-13H,5-9H2,1-4H3. The molecule has 2 N–H and O–H groups in total. The SMILES string of the molecule is CC(C)CS(=O)(=O)NCC(C)(C)CCCO. The van der Waals surface area contributed by atoms with Crippen LogP contribution in [0.25, 0.3) is 0 Å². The molecule has 0 fully saturated rings. The summed E-state index contributed by atoms with van der Waals surface area (Å²) in [5, 5.41) is 8.74. The molecule has 0 saturated heterocycles. The molecule has 98 valence electrons. The van der Waals surface area contributed by atoms with Gasteiger partial charge >= 0.3 is 0 Å². The Bertz CT molecular complexity index is 284. The van der Waals surface area contributed by atoms with Crippen LogP contribution in [-0.2, 0) is 10.0 Å². The van der Waals surface area contributed by atoms with Crippen molar-refractivity contribution >= 4 is 10.0 Å². The van der Waals surface area contributed by atoms with Crippen LogP contribution in [0.1, 0.15) is 40.5 Å². The average Bonchev–Trinajstić information content (AvgIpc) is 2.10. The normalized spacial score (nSPS) is 13.4. The highest BCUT2D eigenvalue weighted by Gasteiger charge is 2.21. The summed E-state index contributed by atoms with van der Waals surface area (Å²) in [4.78, 5) is 0. The van der Waals surface area contributed by atoms with E-state index in [1.165, 1.54) is 0 Å². The van der Waals surface area contributed by atoms with Crippen molar-refractivity contribution in [2.75, 3.05) is 18.9 Å². The predicted molar refractivity (Wildman–Crippen MR) is 66.7 cm³/mol. The molecule has 0 unspecified atom stereocenters. The van der Waals surface area contributed by atoms with Crippen molar-refractivity contribution in [1.82, 2.24) is 4.72 Å². The minimum absolute atomic E-state index is 0.104. The molecule has 5 heteroatoms. The zero-order valence-corrected chi connectivity index (χ0v) is 11.6. The van der Waals surface area contributed by atoms with Gasteiger partial charge in [0, 0.05) is 13.2 Å². The Morgan fingerprint density at radius 1 is 1.31 bits per heavy atom. The first-order chi connectivity index (χ1) is 7.18. The van der Waals surface area contributed by atoms with Gasteiger partial charge in [-0.15, -0.1) is 0 Å². The summed E-state index contributed by atoms with van der Waals surface area (Å²) in [5.74, 6) is 0.307. The molecule has 0 rings (SSSR count). The predicted octanol–water partition coefficient (Wildman–Crippen LogP) is 1.36. The van der Waals surface area contributed by atoms with Crippen LogP contribution >= 0.6 is 0 Å². The van der Waals surface area contributed by atoms with E-state index in [1.807, 2.05) is 27.7 Å². The van der Waals surface area contributed by atoms with Crippen LogP contribution in [0.5, 0.6) is 0 Å². The Kier molecular flexibility index (Phi) is 6.51. The van der Waals surface area contributed by atoms with E-state index in [0.717, 1.165) is 6.42 Å². The van der Waals surface area contributed by atoms with Crippen LogP contribution in [0.4, 0.5) is 0 Å². The van der Waals surface area contributed by atoms with Crippen molar-refractivity contribution in [3.8, 4) is 0 Å². The zero-order valence-electron chi connectivity index (χ0n) is 10.8. The number of nitrogens with one attached hydrogen (secondary N) is 1. The van der Waals surface area contributed by atoms with Gasteiger partial charge in [-0.05, 0) is 24.2 Å². The monoisotopic (exact) mass is 251 g/mol. The highest BCUT2D eigenvalue weighted by atomic mass is 32.2. The molecule has 0 aliphatic rings. The van der Waals surface area contributed by atoms with Crippen molar-refractivity contribution in [3.63, 3.8) is 0 Å². The van der Waals surface area contributed by atoms with E-state index in [0.29, 0.717) is 13.0 Å². The van der Waals surface area contributed by atoms with Crippen LogP contribution < -0.4 is 4.72 Å². The minimum Gasteiger partial charge on any atom is -0.396 e. The van der Waals surface area contributed by atoms with Gasteiger partial charge < -0.3 is 5.11 Å². The molecule has 0 aliphatic carbocycles. The molecule has 16 heavy (non-hydrogen) atoms. The van der Waals surface area contributed by atoms with E-state index in [1.54, 1.807) is 0 Å². The van der Waals surface area contributed by atoms with Gasteiger partial charge in [0.1, 0.15) is 0 Å². The summed E-state index contributed by atoms with van der Waals surface area (Å²) in [5.41, 5.74) is -0.104. The van der Waals surface area contributed by atoms with E-state index in [2.05, 4.69) is 4.72 Å². The highest BCUT2D eigenvalue weighted by Crippen LogP contribution is 2.21. The lowest BCUT2D eigenvalue weighted by atomic mass is 9.88. The first-order valence-electron chi connectivity index (χ1n) is 5.77. The van der Waals surface area contributed by atoms with Crippen molar-refractivity contribution in [1.29, 1.82) is 0 Å². The third-order valence-corrected chi connectivity index (χ3v) is 4.02. The van der Waals surface area contributed by atoms with E-state index < -0.39 is 10.0 Å². The van der Waals surface area contributed by atoms with E-state index in [-0.39, 0.29) is 23.7 Å². The molecule has 0 radical (unpaired) electrons. The lowest BCUT2D eigenvalue weighted by molar-refractivity contribution is 0.242. The van der Waals surface area contributed by atoms with Crippen LogP contribution in [0.2, 0.25) is 0 Å². The zero-order chi connectivity index (χ0) is 12.8. The molecular weight excluding hydrogens is 226 g/mol. The maximum absolute atomic E-state index is 11.6. The van der Waals surface area contributed by atoms with Gasteiger partial charge in [0.25, 0.3) is 0 Å². The maximum atomic E-state index is 11.6. The molecule has 0 aromatic heterocycles. The number of aliphatic hydroxyl groups excluding tert-OH is 1. The number of aliphatic hydroxyl groups is 1. The van der Waals surface area contributed by atoms with E-state index >= 15 is 0 Å². The molecule has 0 amide bonds. The lowest BCUT2D eigenvalue weighted by Crippen LogP contribution is -2.36. The fraction of sp³-hybridized carbons (Fsp3) is 1.00. The molecule has 0 bridgehead atoms. The third-order valence-electron chi connectivity index (χ3n) is 2.34. The fourth-order valence-electron chi connectivity index (χ4n) is 1.45. The molecule has 0 spiro atoms. The second kappa shape index (κ2) is 6.57. The summed E-state index contributed by atoms with van der Waals surface area (Å²) in [6.45, 7) is 8.36. The summed E-state index contributed by atoms with van der Waals surface area (Å²) in [7, 11) is -3.15. The second-order valence-corrected chi connectivity index (χ2v) is 7.34. The largest absolute Gasteiger partial charge is 0.396 e. The molecule has 0 aliphatic heterocycles. The van der Waals surface area contributed by atoms with Gasteiger partial charge in [-0.1, -0.05) is 27.7 Å². The van der Waals surface area contributed by atoms with Crippen molar-refractivity contribution in [2.24, 2.45) is 11.3 Å². The Labute approximate surface area is 99.5 Å². The van der Waals surface area contributed by atoms with Gasteiger partial charge in [0.15, 0.2) is 0 Å². The summed E-state index contributed by atoms with van der Waals surface area (Å²) >= 11 is 0. The van der Waals surface area contributed by atoms with Crippen molar-refractivity contribution < 1.29 is 13.5 Å². The topological polar surface area (TPSA) is 66.4 Å². The molecule has 0 aromatic rings. The lowest BCUT2D eigenvalue weighted by Gasteiger charge is -2.24. The molecule has 0 saturated carbocycles. The molecule has 0 atom stereocenters. The van der Waals surface area contributed by atoms with Gasteiger partial charge in [0.2, 0.25) is 10.0 Å².